The number of Topliss-reactive ketones (excluding diaryl/α,β-unsaturated/α-hetero) is 1. The van der Waals surface area contributed by atoms with Crippen molar-refractivity contribution in [1.29, 1.82) is 0 Å². The number of piperazine rings is 1. The molecule has 1 aliphatic heterocycles. The highest BCUT2D eigenvalue weighted by Gasteiger charge is 2.31. The molecule has 0 spiro atoms. The van der Waals surface area contributed by atoms with Gasteiger partial charge in [-0.25, -0.2) is 8.42 Å². The Labute approximate surface area is 96.5 Å². The first kappa shape index (κ1) is 12.0. The fourth-order valence-corrected chi connectivity index (χ4v) is 3.33. The maximum absolute atomic E-state index is 11.3. The van der Waals surface area contributed by atoms with Gasteiger partial charge in [0.2, 0.25) is 10.0 Å². The molecular formula is C10H18N2O3S. The Hall–Kier alpha value is -0.460. The minimum absolute atomic E-state index is 0.343. The zero-order valence-corrected chi connectivity index (χ0v) is 10.4. The topological polar surface area (TPSA) is 57.7 Å². The molecule has 1 unspecified atom stereocenters. The van der Waals surface area contributed by atoms with E-state index in [-0.39, 0.29) is 0 Å². The fourth-order valence-electron chi connectivity index (χ4n) is 2.51. The third-order valence-electron chi connectivity index (χ3n) is 3.48. The van der Waals surface area contributed by atoms with Crippen LogP contribution in [0.5, 0.6) is 0 Å². The predicted octanol–water partition coefficient (Wildman–Crippen LogP) is -0.315. The van der Waals surface area contributed by atoms with Gasteiger partial charge in [-0.1, -0.05) is 0 Å². The van der Waals surface area contributed by atoms with Crippen molar-refractivity contribution in [1.82, 2.24) is 9.21 Å². The van der Waals surface area contributed by atoms with E-state index in [0.717, 1.165) is 19.5 Å². The first-order valence-electron chi connectivity index (χ1n) is 5.67. The molecule has 0 radical (unpaired) electrons. The van der Waals surface area contributed by atoms with Crippen molar-refractivity contribution in [3.63, 3.8) is 0 Å². The van der Waals surface area contributed by atoms with Crippen molar-refractivity contribution in [3.8, 4) is 0 Å². The number of rotatable bonds is 2. The van der Waals surface area contributed by atoms with Crippen LogP contribution in [-0.4, -0.2) is 61.9 Å². The average Bonchev–Trinajstić information content (AvgIpc) is 2.64. The molecule has 0 N–H and O–H groups in total. The van der Waals surface area contributed by atoms with Gasteiger partial charge in [-0.3, -0.25) is 9.69 Å². The van der Waals surface area contributed by atoms with Gasteiger partial charge in [-0.2, -0.15) is 4.31 Å². The molecule has 1 saturated heterocycles. The van der Waals surface area contributed by atoms with Crippen LogP contribution in [0.4, 0.5) is 0 Å². The van der Waals surface area contributed by atoms with Gasteiger partial charge in [0.15, 0.2) is 0 Å². The molecular weight excluding hydrogens is 228 g/mol. The number of hydrogen-bond donors (Lipinski definition) is 0. The molecule has 0 aromatic carbocycles. The molecule has 0 aromatic rings. The smallest absolute Gasteiger partial charge is 0.211 e. The zero-order chi connectivity index (χ0) is 11.8. The summed E-state index contributed by atoms with van der Waals surface area (Å²) in [4.78, 5) is 13.4. The number of carbonyl (C=O) groups is 1. The Morgan fingerprint density at radius 1 is 1.19 bits per heavy atom. The highest BCUT2D eigenvalue weighted by atomic mass is 32.2. The molecule has 0 amide bonds. The van der Waals surface area contributed by atoms with E-state index in [1.807, 2.05) is 0 Å². The van der Waals surface area contributed by atoms with Gasteiger partial charge in [0.1, 0.15) is 5.78 Å². The second kappa shape index (κ2) is 4.43. The second-order valence-electron chi connectivity index (χ2n) is 4.63. The summed E-state index contributed by atoms with van der Waals surface area (Å²) in [7, 11) is -3.04. The molecule has 1 aliphatic carbocycles. The number of sulfonamides is 1. The van der Waals surface area contributed by atoms with Crippen molar-refractivity contribution < 1.29 is 13.2 Å². The van der Waals surface area contributed by atoms with Gasteiger partial charge in [-0.15, -0.1) is 0 Å². The summed E-state index contributed by atoms with van der Waals surface area (Å²) in [6, 6.07) is 0.356. The third-order valence-corrected chi connectivity index (χ3v) is 4.78. The molecule has 2 fully saturated rings. The van der Waals surface area contributed by atoms with E-state index in [1.165, 1.54) is 10.6 Å². The molecule has 6 heteroatoms. The highest BCUT2D eigenvalue weighted by Crippen LogP contribution is 2.22. The lowest BCUT2D eigenvalue weighted by molar-refractivity contribution is -0.117. The normalized spacial score (nSPS) is 29.8. The van der Waals surface area contributed by atoms with Crippen LogP contribution < -0.4 is 0 Å². The lowest BCUT2D eigenvalue weighted by Gasteiger charge is -2.36. The minimum Gasteiger partial charge on any atom is -0.300 e. The number of nitrogens with zero attached hydrogens (tertiary/aromatic N) is 2. The van der Waals surface area contributed by atoms with E-state index in [0.29, 0.717) is 37.8 Å². The summed E-state index contributed by atoms with van der Waals surface area (Å²) in [5.74, 6) is 0.343. The molecule has 92 valence electrons. The Morgan fingerprint density at radius 3 is 2.25 bits per heavy atom. The SMILES string of the molecule is CS(=O)(=O)N1CCN(C2CCC(=O)C2)CC1. The molecule has 1 saturated carbocycles. The lowest BCUT2D eigenvalue weighted by Crippen LogP contribution is -2.51. The van der Waals surface area contributed by atoms with Crippen LogP contribution >= 0.6 is 0 Å². The molecule has 0 bridgehead atoms. The first-order valence-corrected chi connectivity index (χ1v) is 7.52. The second-order valence-corrected chi connectivity index (χ2v) is 6.62. The summed E-state index contributed by atoms with van der Waals surface area (Å²) in [6.45, 7) is 2.63. The Kier molecular flexibility index (Phi) is 3.32. The zero-order valence-electron chi connectivity index (χ0n) is 9.55. The van der Waals surface area contributed by atoms with Gasteiger partial charge in [-0.05, 0) is 6.42 Å². The standard InChI is InChI=1S/C10H18N2O3S/c1-16(14,15)12-6-4-11(5-7-12)9-2-3-10(13)8-9/h9H,2-8H2,1H3. The Bertz CT molecular complexity index is 372. The molecule has 2 aliphatic rings. The van der Waals surface area contributed by atoms with Crippen LogP contribution in [0.15, 0.2) is 0 Å². The van der Waals surface area contributed by atoms with Crippen molar-refractivity contribution in [2.45, 2.75) is 25.3 Å². The molecule has 2 rings (SSSR count). The first-order chi connectivity index (χ1) is 7.47. The number of hydrogen-bond acceptors (Lipinski definition) is 4. The van der Waals surface area contributed by atoms with Gasteiger partial charge in [0.25, 0.3) is 0 Å². The lowest BCUT2D eigenvalue weighted by atomic mass is 10.2. The third kappa shape index (κ3) is 2.61. The van der Waals surface area contributed by atoms with E-state index in [9.17, 15) is 13.2 Å². The molecule has 1 atom stereocenters. The molecule has 0 aromatic heterocycles. The average molecular weight is 246 g/mol. The van der Waals surface area contributed by atoms with Crippen molar-refractivity contribution in [2.24, 2.45) is 0 Å². The number of ketones is 1. The fraction of sp³-hybridized carbons (Fsp3) is 0.900. The van der Waals surface area contributed by atoms with Gasteiger partial charge in [0, 0.05) is 45.1 Å². The molecule has 1 heterocycles. The highest BCUT2D eigenvalue weighted by molar-refractivity contribution is 7.88. The summed E-state index contributed by atoms with van der Waals surface area (Å²) in [5.41, 5.74) is 0. The van der Waals surface area contributed by atoms with Gasteiger partial charge < -0.3 is 0 Å². The summed E-state index contributed by atoms with van der Waals surface area (Å²) in [5, 5.41) is 0. The number of carbonyl (C=O) groups excluding carboxylic acids is 1. The van der Waals surface area contributed by atoms with Crippen molar-refractivity contribution >= 4 is 15.8 Å². The molecule has 5 nitrogen and oxygen atoms in total. The van der Waals surface area contributed by atoms with E-state index in [1.54, 1.807) is 0 Å². The largest absolute Gasteiger partial charge is 0.300 e. The van der Waals surface area contributed by atoms with E-state index in [4.69, 9.17) is 0 Å². The van der Waals surface area contributed by atoms with Crippen LogP contribution in [-0.2, 0) is 14.8 Å². The van der Waals surface area contributed by atoms with Crippen LogP contribution in [0.1, 0.15) is 19.3 Å². The van der Waals surface area contributed by atoms with Crippen molar-refractivity contribution in [2.75, 3.05) is 32.4 Å². The minimum atomic E-state index is -3.04. The van der Waals surface area contributed by atoms with Crippen LogP contribution in [0.2, 0.25) is 0 Å². The van der Waals surface area contributed by atoms with Crippen LogP contribution in [0, 0.1) is 0 Å². The Balaban J connectivity index is 1.88. The summed E-state index contributed by atoms with van der Waals surface area (Å²) < 4.78 is 24.2. The summed E-state index contributed by atoms with van der Waals surface area (Å²) >= 11 is 0. The van der Waals surface area contributed by atoms with Crippen molar-refractivity contribution in [3.05, 3.63) is 0 Å². The maximum atomic E-state index is 11.3. The molecule has 16 heavy (non-hydrogen) atoms. The monoisotopic (exact) mass is 246 g/mol. The van der Waals surface area contributed by atoms with E-state index >= 15 is 0 Å². The van der Waals surface area contributed by atoms with Crippen LogP contribution in [0.25, 0.3) is 0 Å². The quantitative estimate of drug-likeness (QED) is 0.670. The van der Waals surface area contributed by atoms with E-state index in [2.05, 4.69) is 4.90 Å². The Morgan fingerprint density at radius 2 is 1.81 bits per heavy atom. The maximum Gasteiger partial charge on any atom is 0.211 e. The van der Waals surface area contributed by atoms with Crippen LogP contribution in [0.3, 0.4) is 0 Å². The van der Waals surface area contributed by atoms with Gasteiger partial charge >= 0.3 is 0 Å². The predicted molar refractivity (Wildman–Crippen MR) is 60.6 cm³/mol. The summed E-state index contributed by atoms with van der Waals surface area (Å²) in [6.07, 6.45) is 3.54. The van der Waals surface area contributed by atoms with E-state index < -0.39 is 10.0 Å². The van der Waals surface area contributed by atoms with Gasteiger partial charge in [0.05, 0.1) is 6.26 Å².